The van der Waals surface area contributed by atoms with E-state index in [9.17, 15) is 27.9 Å². The molecule has 0 heterocycles. The molecule has 0 fully saturated rings. The van der Waals surface area contributed by atoms with Gasteiger partial charge in [-0.2, -0.15) is 5.06 Å². The average Bonchev–Trinajstić information content (AvgIpc) is 3.21. The lowest BCUT2D eigenvalue weighted by molar-refractivity contribution is -0.248. The predicted octanol–water partition coefficient (Wildman–Crippen LogP) is 9.73. The Labute approximate surface area is 360 Å². The largest absolute Gasteiger partial charge is 0.478 e. The van der Waals surface area contributed by atoms with Gasteiger partial charge in [0.15, 0.2) is 0 Å². The van der Waals surface area contributed by atoms with Gasteiger partial charge in [0.25, 0.3) is 0 Å². The van der Waals surface area contributed by atoms with Crippen LogP contribution in [-0.2, 0) is 40.2 Å². The normalized spacial score (nSPS) is 13.6. The van der Waals surface area contributed by atoms with Gasteiger partial charge in [-0.3, -0.25) is 14.9 Å². The second-order valence-corrected chi connectivity index (χ2v) is 19.6. The van der Waals surface area contributed by atoms with Crippen molar-refractivity contribution in [1.29, 1.82) is 0 Å². The smallest absolute Gasteiger partial charge is 0.412 e. The lowest BCUT2D eigenvalue weighted by Gasteiger charge is -2.49. The highest BCUT2D eigenvalue weighted by Gasteiger charge is 2.56. The number of amides is 2. The molecule has 0 radical (unpaired) electrons. The molecule has 13 heteroatoms. The molecule has 0 bridgehead atoms. The van der Waals surface area contributed by atoms with E-state index in [4.69, 9.17) is 9.57 Å². The van der Waals surface area contributed by atoms with Gasteiger partial charge in [-0.05, 0) is 68.7 Å². The van der Waals surface area contributed by atoms with Crippen molar-refractivity contribution in [3.63, 3.8) is 0 Å². The molecule has 2 N–H and O–H groups in total. The first-order valence-electron chi connectivity index (χ1n) is 20.5. The van der Waals surface area contributed by atoms with E-state index >= 15 is 0 Å². The van der Waals surface area contributed by atoms with Crippen molar-refractivity contribution < 1.29 is 37.5 Å². The Bertz CT molecular complexity index is 2060. The number of hydroxylamine groups is 2. The van der Waals surface area contributed by atoms with Crippen LogP contribution in [-0.4, -0.2) is 77.3 Å². The number of hydrogen-bond donors (Lipinski definition) is 2. The van der Waals surface area contributed by atoms with Crippen molar-refractivity contribution >= 4 is 45.4 Å². The minimum absolute atomic E-state index is 0.0236. The molecule has 4 aromatic carbocycles. The molecule has 0 spiro atoms. The number of carboxylic acid groups (broad SMARTS) is 1. The molecule has 4 rings (SSSR count). The SMILES string of the molecule is CCCN(SC(c1ccccc1)(c1ccccc1)c1ccccc1NC(=O)OC(C)(C)C)[C@@](CCS(C)(=O)=O)(C(=O)O)N(OCC[C@@H](C)CC)C(=O)CCc1ccccc1. The van der Waals surface area contributed by atoms with E-state index in [0.717, 1.165) is 46.4 Å². The number of sulfone groups is 1. The molecule has 0 aromatic heterocycles. The van der Waals surface area contributed by atoms with E-state index in [0.29, 0.717) is 30.5 Å². The third-order valence-electron chi connectivity index (χ3n) is 10.1. The van der Waals surface area contributed by atoms with Crippen molar-refractivity contribution in [2.24, 2.45) is 5.92 Å². The van der Waals surface area contributed by atoms with Gasteiger partial charge >= 0.3 is 12.1 Å². The second kappa shape index (κ2) is 21.7. The lowest BCUT2D eigenvalue weighted by Crippen LogP contribution is -2.66. The number of benzene rings is 4. The van der Waals surface area contributed by atoms with Gasteiger partial charge in [-0.15, -0.1) is 0 Å². The van der Waals surface area contributed by atoms with Crippen LogP contribution < -0.4 is 5.32 Å². The minimum atomic E-state index is -3.78. The summed E-state index contributed by atoms with van der Waals surface area (Å²) >= 11 is 1.16. The quantitative estimate of drug-likeness (QED) is 0.0340. The van der Waals surface area contributed by atoms with E-state index in [-0.39, 0.29) is 25.5 Å². The first-order chi connectivity index (χ1) is 28.5. The summed E-state index contributed by atoms with van der Waals surface area (Å²) in [7, 11) is -3.78. The Morgan fingerprint density at radius 3 is 1.90 bits per heavy atom. The molecule has 4 aromatic rings. The van der Waals surface area contributed by atoms with Crippen LogP contribution in [0.3, 0.4) is 0 Å². The number of anilines is 1. The number of carbonyl (C=O) groups excluding carboxylic acids is 2. The van der Waals surface area contributed by atoms with Crippen molar-refractivity contribution in [1.82, 2.24) is 9.37 Å². The van der Waals surface area contributed by atoms with Crippen LogP contribution in [0.25, 0.3) is 0 Å². The summed E-state index contributed by atoms with van der Waals surface area (Å²) in [4.78, 5) is 49.2. The summed E-state index contributed by atoms with van der Waals surface area (Å²) in [5, 5.41) is 15.7. The average molecular weight is 860 g/mol. The third-order valence-corrected chi connectivity index (χ3v) is 12.7. The number of hydrogen-bond acceptors (Lipinski definition) is 9. The van der Waals surface area contributed by atoms with Crippen molar-refractivity contribution in [2.45, 2.75) is 96.1 Å². The summed E-state index contributed by atoms with van der Waals surface area (Å²) in [6.45, 7) is 11.4. The molecule has 0 aliphatic heterocycles. The molecule has 60 heavy (non-hydrogen) atoms. The molecule has 324 valence electrons. The van der Waals surface area contributed by atoms with E-state index in [1.54, 1.807) is 37.2 Å². The molecule has 0 aliphatic rings. The maximum absolute atomic E-state index is 14.8. The predicted molar refractivity (Wildman–Crippen MR) is 240 cm³/mol. The number of carboxylic acids is 1. The standard InChI is InChI=1S/C47H61N3O8S2/c1-8-33-49(46(43(52)53,32-35-60(7,55)56)50(57-34-31-36(3)9-2)42(51)30-29-37-21-13-10-14-22-37)59-47(38-23-15-11-16-24-38,39-25-17-12-18-26-39)40-27-19-20-28-41(40)48-44(54)58-45(4,5)6/h10-28,36H,8-9,29-35H2,1-7H3,(H,48,54)(H,52,53)/t36-,46+/m0/s1. The molecular weight excluding hydrogens is 799 g/mol. The number of rotatable bonds is 22. The highest BCUT2D eigenvalue weighted by molar-refractivity contribution is 7.98. The molecule has 11 nitrogen and oxygen atoms in total. The zero-order chi connectivity index (χ0) is 44.0. The summed E-state index contributed by atoms with van der Waals surface area (Å²) in [6, 6.07) is 35.7. The Morgan fingerprint density at radius 1 is 0.833 bits per heavy atom. The summed E-state index contributed by atoms with van der Waals surface area (Å²) in [5.41, 5.74) is 0.167. The van der Waals surface area contributed by atoms with Crippen LogP contribution in [0.1, 0.15) is 95.9 Å². The Balaban J connectivity index is 2.07. The van der Waals surface area contributed by atoms with Crippen LogP contribution >= 0.6 is 11.9 Å². The zero-order valence-electron chi connectivity index (χ0n) is 35.9. The summed E-state index contributed by atoms with van der Waals surface area (Å²) in [6.07, 6.45) is 1.85. The number of nitrogens with one attached hydrogen (secondary N) is 1. The van der Waals surface area contributed by atoms with Crippen LogP contribution in [0.5, 0.6) is 0 Å². The number of carbonyl (C=O) groups is 3. The second-order valence-electron chi connectivity index (χ2n) is 16.1. The van der Waals surface area contributed by atoms with E-state index in [2.05, 4.69) is 12.2 Å². The van der Waals surface area contributed by atoms with Crippen molar-refractivity contribution in [3.05, 3.63) is 138 Å². The topological polar surface area (TPSA) is 143 Å². The van der Waals surface area contributed by atoms with E-state index in [1.165, 1.54) is 0 Å². The maximum Gasteiger partial charge on any atom is 0.412 e. The zero-order valence-corrected chi connectivity index (χ0v) is 37.6. The minimum Gasteiger partial charge on any atom is -0.478 e. The van der Waals surface area contributed by atoms with Gasteiger partial charge < -0.3 is 9.84 Å². The number of aryl methyl sites for hydroxylation is 1. The highest BCUT2D eigenvalue weighted by Crippen LogP contribution is 2.54. The third kappa shape index (κ3) is 12.7. The van der Waals surface area contributed by atoms with Crippen molar-refractivity contribution in [2.75, 3.05) is 30.5 Å². The van der Waals surface area contributed by atoms with Crippen LogP contribution in [0.4, 0.5) is 10.5 Å². The van der Waals surface area contributed by atoms with Gasteiger partial charge in [-0.1, -0.05) is 148 Å². The van der Waals surface area contributed by atoms with Gasteiger partial charge in [0.2, 0.25) is 11.6 Å². The molecular formula is C47H61N3O8S2. The first-order valence-corrected chi connectivity index (χ1v) is 23.4. The van der Waals surface area contributed by atoms with Gasteiger partial charge in [0, 0.05) is 36.9 Å². The van der Waals surface area contributed by atoms with Crippen LogP contribution in [0.2, 0.25) is 0 Å². The Morgan fingerprint density at radius 2 is 1.38 bits per heavy atom. The number of nitrogens with zero attached hydrogens (tertiary/aromatic N) is 2. The van der Waals surface area contributed by atoms with Crippen LogP contribution in [0, 0.1) is 5.92 Å². The summed E-state index contributed by atoms with van der Waals surface area (Å²) < 4.78 is 32.2. The van der Waals surface area contributed by atoms with Gasteiger partial charge in [0.1, 0.15) is 20.2 Å². The number of aliphatic carboxylic acids is 1. The fraction of sp³-hybridized carbons (Fsp3) is 0.426. The van der Waals surface area contributed by atoms with Gasteiger partial charge in [-0.25, -0.2) is 22.3 Å². The molecule has 0 unspecified atom stereocenters. The number of ether oxygens (including phenoxy) is 1. The molecule has 0 saturated heterocycles. The molecule has 0 aliphatic carbocycles. The van der Waals surface area contributed by atoms with Gasteiger partial charge in [0.05, 0.1) is 12.4 Å². The lowest BCUT2D eigenvalue weighted by atomic mass is 9.83. The molecule has 2 amide bonds. The van der Waals surface area contributed by atoms with E-state index < -0.39 is 56.0 Å². The first kappa shape index (κ1) is 48.0. The Kier molecular flexibility index (Phi) is 17.4. The fourth-order valence-electron chi connectivity index (χ4n) is 6.85. The monoisotopic (exact) mass is 859 g/mol. The fourth-order valence-corrected chi connectivity index (χ4v) is 9.27. The molecule has 2 atom stereocenters. The highest BCUT2D eigenvalue weighted by atomic mass is 32.2. The summed E-state index contributed by atoms with van der Waals surface area (Å²) in [5.74, 6) is -2.39. The van der Waals surface area contributed by atoms with Crippen molar-refractivity contribution in [3.8, 4) is 0 Å². The maximum atomic E-state index is 14.8. The Hall–Kier alpha value is -4.69. The molecule has 0 saturated carbocycles. The van der Waals surface area contributed by atoms with Crippen LogP contribution in [0.15, 0.2) is 115 Å². The number of para-hydroxylation sites is 1. The van der Waals surface area contributed by atoms with E-state index in [1.807, 2.05) is 117 Å².